The van der Waals surface area contributed by atoms with Gasteiger partial charge in [0, 0.05) is 5.02 Å². The standard InChI is InChI=1S/C18H21ClN2O2/c1-3-15(13-9-11-14(19)12-10-13)20-18(22)21-16-7-5-6-8-17(16)23-4-2/h5-12,15H,3-4H2,1-2H3,(H2,20,21,22). The van der Waals surface area contributed by atoms with Gasteiger partial charge >= 0.3 is 6.03 Å². The number of nitrogens with one attached hydrogen (secondary N) is 2. The number of hydrogen-bond donors (Lipinski definition) is 2. The molecular weight excluding hydrogens is 312 g/mol. The average Bonchev–Trinajstić information content (AvgIpc) is 2.55. The number of para-hydroxylation sites is 2. The Morgan fingerprint density at radius 2 is 1.83 bits per heavy atom. The maximum absolute atomic E-state index is 12.3. The van der Waals surface area contributed by atoms with Gasteiger partial charge in [-0.2, -0.15) is 0 Å². The fourth-order valence-electron chi connectivity index (χ4n) is 2.28. The van der Waals surface area contributed by atoms with Crippen molar-refractivity contribution in [3.63, 3.8) is 0 Å². The number of rotatable bonds is 6. The van der Waals surface area contributed by atoms with Crippen molar-refractivity contribution in [2.75, 3.05) is 11.9 Å². The quantitative estimate of drug-likeness (QED) is 0.781. The van der Waals surface area contributed by atoms with E-state index in [9.17, 15) is 4.79 Å². The first kappa shape index (κ1) is 17.2. The Balaban J connectivity index is 2.04. The largest absolute Gasteiger partial charge is 0.492 e. The molecule has 2 amide bonds. The van der Waals surface area contributed by atoms with Crippen LogP contribution in [0.25, 0.3) is 0 Å². The van der Waals surface area contributed by atoms with Crippen LogP contribution in [0.15, 0.2) is 48.5 Å². The summed E-state index contributed by atoms with van der Waals surface area (Å²) in [5, 5.41) is 6.49. The van der Waals surface area contributed by atoms with Crippen molar-refractivity contribution in [2.24, 2.45) is 0 Å². The molecule has 0 aliphatic heterocycles. The number of ether oxygens (including phenoxy) is 1. The SMILES string of the molecule is CCOc1ccccc1NC(=O)NC(CC)c1ccc(Cl)cc1. The third-order valence-electron chi connectivity index (χ3n) is 3.42. The van der Waals surface area contributed by atoms with Gasteiger partial charge in [0.25, 0.3) is 0 Å². The van der Waals surface area contributed by atoms with Gasteiger partial charge in [0.1, 0.15) is 5.75 Å². The van der Waals surface area contributed by atoms with E-state index in [1.165, 1.54) is 0 Å². The second-order valence-corrected chi connectivity index (χ2v) is 5.48. The summed E-state index contributed by atoms with van der Waals surface area (Å²) in [6.45, 7) is 4.47. The predicted molar refractivity (Wildman–Crippen MR) is 94.2 cm³/mol. The van der Waals surface area contributed by atoms with Crippen LogP contribution in [0.2, 0.25) is 5.02 Å². The van der Waals surface area contributed by atoms with Gasteiger partial charge in [-0.25, -0.2) is 4.79 Å². The van der Waals surface area contributed by atoms with Crippen molar-refractivity contribution >= 4 is 23.3 Å². The minimum Gasteiger partial charge on any atom is -0.492 e. The molecule has 0 saturated heterocycles. The van der Waals surface area contributed by atoms with Crippen molar-refractivity contribution in [3.05, 3.63) is 59.1 Å². The van der Waals surface area contributed by atoms with Gasteiger partial charge in [-0.15, -0.1) is 0 Å². The molecule has 2 aromatic carbocycles. The Labute approximate surface area is 141 Å². The van der Waals surface area contributed by atoms with E-state index < -0.39 is 0 Å². The van der Waals surface area contributed by atoms with E-state index in [0.29, 0.717) is 23.1 Å². The summed E-state index contributed by atoms with van der Waals surface area (Å²) < 4.78 is 5.51. The second-order valence-electron chi connectivity index (χ2n) is 5.04. The van der Waals surface area contributed by atoms with Gasteiger partial charge in [-0.05, 0) is 43.2 Å². The number of hydrogen-bond acceptors (Lipinski definition) is 2. The number of urea groups is 1. The molecule has 1 unspecified atom stereocenters. The fourth-order valence-corrected chi connectivity index (χ4v) is 2.41. The van der Waals surface area contributed by atoms with E-state index in [1.807, 2.05) is 62.4 Å². The Morgan fingerprint density at radius 3 is 2.48 bits per heavy atom. The fraction of sp³-hybridized carbons (Fsp3) is 0.278. The number of carbonyl (C=O) groups excluding carboxylic acids is 1. The molecule has 2 rings (SSSR count). The molecule has 4 nitrogen and oxygen atoms in total. The first-order valence-electron chi connectivity index (χ1n) is 7.68. The minimum atomic E-state index is -0.265. The van der Waals surface area contributed by atoms with E-state index >= 15 is 0 Å². The topological polar surface area (TPSA) is 50.4 Å². The van der Waals surface area contributed by atoms with Gasteiger partial charge in [0.15, 0.2) is 0 Å². The first-order chi connectivity index (χ1) is 11.1. The molecule has 23 heavy (non-hydrogen) atoms. The zero-order valence-electron chi connectivity index (χ0n) is 13.3. The summed E-state index contributed by atoms with van der Waals surface area (Å²) in [5.41, 5.74) is 1.67. The third kappa shape index (κ3) is 4.89. The van der Waals surface area contributed by atoms with Crippen molar-refractivity contribution in [1.82, 2.24) is 5.32 Å². The van der Waals surface area contributed by atoms with Crippen LogP contribution >= 0.6 is 11.6 Å². The highest BCUT2D eigenvalue weighted by molar-refractivity contribution is 6.30. The lowest BCUT2D eigenvalue weighted by Gasteiger charge is -2.19. The maximum Gasteiger partial charge on any atom is 0.319 e. The summed E-state index contributed by atoms with van der Waals surface area (Å²) in [6.07, 6.45) is 0.780. The van der Waals surface area contributed by atoms with Crippen molar-refractivity contribution in [2.45, 2.75) is 26.3 Å². The summed E-state index contributed by atoms with van der Waals surface area (Å²) in [7, 11) is 0. The highest BCUT2D eigenvalue weighted by atomic mass is 35.5. The van der Waals surface area contributed by atoms with Crippen LogP contribution in [0, 0.1) is 0 Å². The van der Waals surface area contributed by atoms with Gasteiger partial charge in [0.2, 0.25) is 0 Å². The molecule has 0 aromatic heterocycles. The molecule has 0 bridgehead atoms. The lowest BCUT2D eigenvalue weighted by atomic mass is 10.1. The second kappa shape index (κ2) is 8.44. The number of halogens is 1. The highest BCUT2D eigenvalue weighted by Gasteiger charge is 2.14. The molecule has 5 heteroatoms. The van der Waals surface area contributed by atoms with Crippen LogP contribution in [0.5, 0.6) is 5.75 Å². The smallest absolute Gasteiger partial charge is 0.319 e. The first-order valence-corrected chi connectivity index (χ1v) is 8.06. The van der Waals surface area contributed by atoms with Gasteiger partial charge in [-0.1, -0.05) is 42.8 Å². The summed E-state index contributed by atoms with van der Waals surface area (Å²) >= 11 is 5.91. The van der Waals surface area contributed by atoms with Crippen LogP contribution in [0.3, 0.4) is 0 Å². The van der Waals surface area contributed by atoms with Crippen molar-refractivity contribution in [3.8, 4) is 5.75 Å². The highest BCUT2D eigenvalue weighted by Crippen LogP contribution is 2.24. The predicted octanol–water partition coefficient (Wildman–Crippen LogP) is 5.01. The molecule has 0 saturated carbocycles. The van der Waals surface area contributed by atoms with Crippen molar-refractivity contribution < 1.29 is 9.53 Å². The van der Waals surface area contributed by atoms with Crippen LogP contribution < -0.4 is 15.4 Å². The van der Waals surface area contributed by atoms with E-state index in [1.54, 1.807) is 0 Å². The van der Waals surface area contributed by atoms with Crippen LogP contribution in [-0.4, -0.2) is 12.6 Å². The zero-order valence-corrected chi connectivity index (χ0v) is 14.1. The van der Waals surface area contributed by atoms with Gasteiger partial charge in [0.05, 0.1) is 18.3 Å². The van der Waals surface area contributed by atoms with Crippen LogP contribution in [-0.2, 0) is 0 Å². The van der Waals surface area contributed by atoms with Gasteiger partial charge in [-0.3, -0.25) is 0 Å². The monoisotopic (exact) mass is 332 g/mol. The molecule has 0 aliphatic carbocycles. The Bertz CT molecular complexity index is 644. The molecule has 0 aliphatic rings. The van der Waals surface area contributed by atoms with Gasteiger partial charge < -0.3 is 15.4 Å². The summed E-state index contributed by atoms with van der Waals surface area (Å²) in [6, 6.07) is 14.5. The lowest BCUT2D eigenvalue weighted by Crippen LogP contribution is -2.32. The number of anilines is 1. The lowest BCUT2D eigenvalue weighted by molar-refractivity contribution is 0.248. The Morgan fingerprint density at radius 1 is 1.13 bits per heavy atom. The summed E-state index contributed by atoms with van der Waals surface area (Å²) in [4.78, 5) is 12.3. The van der Waals surface area contributed by atoms with E-state index in [-0.39, 0.29) is 12.1 Å². The minimum absolute atomic E-state index is 0.0773. The molecule has 1 atom stereocenters. The van der Waals surface area contributed by atoms with Crippen LogP contribution in [0.1, 0.15) is 31.9 Å². The number of benzene rings is 2. The molecule has 2 aromatic rings. The molecule has 0 heterocycles. The normalized spacial score (nSPS) is 11.6. The third-order valence-corrected chi connectivity index (χ3v) is 3.67. The van der Waals surface area contributed by atoms with Crippen molar-refractivity contribution in [1.29, 1.82) is 0 Å². The van der Waals surface area contributed by atoms with E-state index in [2.05, 4.69) is 10.6 Å². The summed E-state index contributed by atoms with van der Waals surface area (Å²) in [5.74, 6) is 0.657. The average molecular weight is 333 g/mol. The molecule has 0 fully saturated rings. The molecular formula is C18H21ClN2O2. The number of amides is 2. The Hall–Kier alpha value is -2.20. The maximum atomic E-state index is 12.3. The molecule has 2 N–H and O–H groups in total. The Kier molecular flexibility index (Phi) is 6.29. The van der Waals surface area contributed by atoms with E-state index in [4.69, 9.17) is 16.3 Å². The van der Waals surface area contributed by atoms with E-state index in [0.717, 1.165) is 12.0 Å². The van der Waals surface area contributed by atoms with Crippen LogP contribution in [0.4, 0.5) is 10.5 Å². The molecule has 0 spiro atoms. The zero-order chi connectivity index (χ0) is 16.7. The molecule has 0 radical (unpaired) electrons. The molecule has 122 valence electrons. The number of carbonyl (C=O) groups is 1.